The maximum atomic E-state index is 6.48. The molecule has 2 aliphatic rings. The van der Waals surface area contributed by atoms with Gasteiger partial charge in [-0.05, 0) is 65.1 Å². The van der Waals surface area contributed by atoms with Crippen LogP contribution in [0.15, 0.2) is 0 Å². The molecule has 3 heteroatoms. The van der Waals surface area contributed by atoms with Crippen molar-refractivity contribution in [1.82, 2.24) is 10.2 Å². The minimum absolute atomic E-state index is 0.237. The lowest BCUT2D eigenvalue weighted by atomic mass is 9.77. The van der Waals surface area contributed by atoms with Crippen LogP contribution in [0.25, 0.3) is 0 Å². The number of likely N-dealkylation sites (tertiary alicyclic amines) is 1. The molecule has 1 saturated heterocycles. The fraction of sp³-hybridized carbons (Fsp3) is 1.00. The molecule has 2 fully saturated rings. The molecule has 1 saturated carbocycles. The molecule has 0 atom stereocenters. The normalized spacial score (nSPS) is 25.0. The van der Waals surface area contributed by atoms with Gasteiger partial charge in [-0.25, -0.2) is 0 Å². The van der Waals surface area contributed by atoms with E-state index in [1.807, 2.05) is 0 Å². The molecule has 106 valence electrons. The van der Waals surface area contributed by atoms with Crippen LogP contribution in [0.3, 0.4) is 0 Å². The molecule has 0 bridgehead atoms. The standard InChI is InChI=1S/C15H30N2O/c1-3-10-16-11-9-15(7-4-8-15)18-14-5-12-17(2)13-6-14/h14,16H,3-13H2,1-2H3. The van der Waals surface area contributed by atoms with Crippen LogP contribution in [0.4, 0.5) is 0 Å². The minimum atomic E-state index is 0.237. The molecule has 1 aliphatic heterocycles. The highest BCUT2D eigenvalue weighted by atomic mass is 16.5. The molecular weight excluding hydrogens is 224 g/mol. The first-order chi connectivity index (χ1) is 8.74. The number of nitrogens with one attached hydrogen (secondary N) is 1. The molecule has 2 rings (SSSR count). The van der Waals surface area contributed by atoms with Crippen LogP contribution < -0.4 is 5.32 Å². The number of hydrogen-bond acceptors (Lipinski definition) is 3. The Bertz CT molecular complexity index is 233. The zero-order chi connectivity index (χ0) is 12.8. The number of rotatable bonds is 7. The van der Waals surface area contributed by atoms with Crippen LogP contribution in [0.1, 0.15) is 51.9 Å². The summed E-state index contributed by atoms with van der Waals surface area (Å²) in [6.45, 7) is 6.90. The van der Waals surface area contributed by atoms with E-state index in [1.54, 1.807) is 0 Å². The van der Waals surface area contributed by atoms with E-state index in [4.69, 9.17) is 4.74 Å². The predicted octanol–water partition coefficient (Wildman–Crippen LogP) is 2.41. The Hall–Kier alpha value is -0.120. The SMILES string of the molecule is CCCNCCC1(OC2CCN(C)CC2)CCC1. The van der Waals surface area contributed by atoms with Crippen molar-refractivity contribution in [3.63, 3.8) is 0 Å². The Morgan fingerprint density at radius 3 is 2.50 bits per heavy atom. The van der Waals surface area contributed by atoms with E-state index in [0.29, 0.717) is 6.10 Å². The van der Waals surface area contributed by atoms with Crippen molar-refractivity contribution in [2.75, 3.05) is 33.2 Å². The van der Waals surface area contributed by atoms with Gasteiger partial charge in [-0.2, -0.15) is 0 Å². The first-order valence-corrected chi connectivity index (χ1v) is 7.81. The molecule has 18 heavy (non-hydrogen) atoms. The molecule has 1 heterocycles. The van der Waals surface area contributed by atoms with Crippen molar-refractivity contribution in [2.24, 2.45) is 0 Å². The van der Waals surface area contributed by atoms with Crippen molar-refractivity contribution < 1.29 is 4.74 Å². The maximum Gasteiger partial charge on any atom is 0.0698 e. The van der Waals surface area contributed by atoms with E-state index in [1.165, 1.54) is 58.0 Å². The van der Waals surface area contributed by atoms with Crippen LogP contribution in [0.5, 0.6) is 0 Å². The summed E-state index contributed by atoms with van der Waals surface area (Å²) >= 11 is 0. The van der Waals surface area contributed by atoms with E-state index in [2.05, 4.69) is 24.2 Å². The topological polar surface area (TPSA) is 24.5 Å². The third-order valence-electron chi connectivity index (χ3n) is 4.53. The second kappa shape index (κ2) is 6.88. The minimum Gasteiger partial charge on any atom is -0.372 e. The van der Waals surface area contributed by atoms with E-state index >= 15 is 0 Å². The van der Waals surface area contributed by atoms with Crippen LogP contribution in [0.2, 0.25) is 0 Å². The van der Waals surface area contributed by atoms with Gasteiger partial charge in [0.1, 0.15) is 0 Å². The summed E-state index contributed by atoms with van der Waals surface area (Å²) in [6, 6.07) is 0. The zero-order valence-electron chi connectivity index (χ0n) is 12.2. The lowest BCUT2D eigenvalue weighted by Crippen LogP contribution is -2.47. The van der Waals surface area contributed by atoms with Crippen LogP contribution in [0, 0.1) is 0 Å². The highest BCUT2D eigenvalue weighted by molar-refractivity contribution is 4.92. The molecule has 0 unspecified atom stereocenters. The summed E-state index contributed by atoms with van der Waals surface area (Å²) in [6.07, 6.45) is 9.33. The summed E-state index contributed by atoms with van der Waals surface area (Å²) in [4.78, 5) is 2.41. The fourth-order valence-corrected chi connectivity index (χ4v) is 3.07. The average molecular weight is 254 g/mol. The molecule has 0 aromatic rings. The van der Waals surface area contributed by atoms with Crippen molar-refractivity contribution in [3.05, 3.63) is 0 Å². The molecule has 3 nitrogen and oxygen atoms in total. The van der Waals surface area contributed by atoms with Gasteiger partial charge in [0.05, 0.1) is 11.7 Å². The van der Waals surface area contributed by atoms with Gasteiger partial charge in [0.15, 0.2) is 0 Å². The molecule has 1 aliphatic carbocycles. The summed E-state index contributed by atoms with van der Waals surface area (Å²) in [5.41, 5.74) is 0.237. The smallest absolute Gasteiger partial charge is 0.0698 e. The predicted molar refractivity (Wildman–Crippen MR) is 76.0 cm³/mol. The molecule has 0 aromatic carbocycles. The van der Waals surface area contributed by atoms with E-state index in [-0.39, 0.29) is 5.60 Å². The van der Waals surface area contributed by atoms with Crippen molar-refractivity contribution in [1.29, 1.82) is 0 Å². The second-order valence-corrected chi connectivity index (χ2v) is 6.16. The summed E-state index contributed by atoms with van der Waals surface area (Å²) < 4.78 is 6.48. The van der Waals surface area contributed by atoms with Gasteiger partial charge in [0.25, 0.3) is 0 Å². The van der Waals surface area contributed by atoms with Crippen molar-refractivity contribution >= 4 is 0 Å². The molecule has 0 amide bonds. The van der Waals surface area contributed by atoms with E-state index in [0.717, 1.165) is 13.1 Å². The van der Waals surface area contributed by atoms with Crippen LogP contribution in [-0.2, 0) is 4.74 Å². The molecule has 0 aromatic heterocycles. The average Bonchev–Trinajstić information content (AvgIpc) is 2.34. The fourth-order valence-electron chi connectivity index (χ4n) is 3.07. The van der Waals surface area contributed by atoms with E-state index < -0.39 is 0 Å². The summed E-state index contributed by atoms with van der Waals surface area (Å²) in [5.74, 6) is 0. The second-order valence-electron chi connectivity index (χ2n) is 6.16. The van der Waals surface area contributed by atoms with Gasteiger partial charge in [-0.1, -0.05) is 6.92 Å². The third kappa shape index (κ3) is 3.94. The number of nitrogens with zero attached hydrogens (tertiary/aromatic N) is 1. The van der Waals surface area contributed by atoms with Gasteiger partial charge in [0, 0.05) is 13.1 Å². The van der Waals surface area contributed by atoms with Gasteiger partial charge < -0.3 is 15.0 Å². The molecule has 0 spiro atoms. The maximum absolute atomic E-state index is 6.48. The van der Waals surface area contributed by atoms with Gasteiger partial charge in [0.2, 0.25) is 0 Å². The van der Waals surface area contributed by atoms with Crippen molar-refractivity contribution in [3.8, 4) is 0 Å². The summed E-state index contributed by atoms with van der Waals surface area (Å²) in [7, 11) is 2.21. The molecule has 1 N–H and O–H groups in total. The lowest BCUT2D eigenvalue weighted by molar-refractivity contribution is -0.154. The zero-order valence-corrected chi connectivity index (χ0v) is 12.2. The number of piperidine rings is 1. The Morgan fingerprint density at radius 1 is 1.22 bits per heavy atom. The Kier molecular flexibility index (Phi) is 5.46. The van der Waals surface area contributed by atoms with Crippen molar-refractivity contribution in [2.45, 2.75) is 63.6 Å². The van der Waals surface area contributed by atoms with Gasteiger partial charge >= 0.3 is 0 Å². The highest BCUT2D eigenvalue weighted by Gasteiger charge is 2.39. The Balaban J connectivity index is 1.70. The monoisotopic (exact) mass is 254 g/mol. The third-order valence-corrected chi connectivity index (χ3v) is 4.53. The molecular formula is C15H30N2O. The van der Waals surface area contributed by atoms with Crippen LogP contribution in [-0.4, -0.2) is 49.8 Å². The van der Waals surface area contributed by atoms with Gasteiger partial charge in [-0.15, -0.1) is 0 Å². The lowest BCUT2D eigenvalue weighted by Gasteiger charge is -2.45. The number of hydrogen-bond donors (Lipinski definition) is 1. The Labute approximate surface area is 112 Å². The number of ether oxygens (including phenoxy) is 1. The highest BCUT2D eigenvalue weighted by Crippen LogP contribution is 2.40. The van der Waals surface area contributed by atoms with Crippen LogP contribution >= 0.6 is 0 Å². The quantitative estimate of drug-likeness (QED) is 0.706. The first kappa shape index (κ1) is 14.3. The largest absolute Gasteiger partial charge is 0.372 e. The van der Waals surface area contributed by atoms with Gasteiger partial charge in [-0.3, -0.25) is 0 Å². The summed E-state index contributed by atoms with van der Waals surface area (Å²) in [5, 5.41) is 3.52. The molecule has 0 radical (unpaired) electrons. The first-order valence-electron chi connectivity index (χ1n) is 7.81. The Morgan fingerprint density at radius 2 is 1.94 bits per heavy atom. The van der Waals surface area contributed by atoms with E-state index in [9.17, 15) is 0 Å².